The molecule has 4 nitrogen and oxygen atoms in total. The van der Waals surface area contributed by atoms with Gasteiger partial charge in [0.2, 0.25) is 0 Å². The number of methoxy groups -OCH3 is 1. The van der Waals surface area contributed by atoms with E-state index in [1.165, 1.54) is 10.9 Å². The van der Waals surface area contributed by atoms with Crippen LogP contribution in [0.3, 0.4) is 0 Å². The molecule has 0 saturated carbocycles. The lowest BCUT2D eigenvalue weighted by Crippen LogP contribution is -2.29. The summed E-state index contributed by atoms with van der Waals surface area (Å²) in [5.41, 5.74) is 2.32. The number of aryl methyl sites for hydroxylation is 1. The van der Waals surface area contributed by atoms with Crippen molar-refractivity contribution in [2.75, 3.05) is 32.1 Å². The van der Waals surface area contributed by atoms with Gasteiger partial charge in [-0.15, -0.1) is 0 Å². The smallest absolute Gasteiger partial charge is 0.0843 e. The molecule has 0 spiro atoms. The molecule has 1 aromatic carbocycles. The zero-order chi connectivity index (χ0) is 13.7. The summed E-state index contributed by atoms with van der Waals surface area (Å²) in [5.74, 6) is 0. The third-order valence-corrected chi connectivity index (χ3v) is 3.57. The van der Waals surface area contributed by atoms with Crippen LogP contribution in [0.2, 0.25) is 0 Å². The zero-order valence-electron chi connectivity index (χ0n) is 11.5. The van der Waals surface area contributed by atoms with Crippen molar-refractivity contribution in [1.82, 2.24) is 14.7 Å². The Morgan fingerprint density at radius 2 is 2.11 bits per heavy atom. The molecule has 0 aliphatic heterocycles. The molecular weight excluding hydrogens is 306 g/mol. The fourth-order valence-electron chi connectivity index (χ4n) is 2.23. The average molecular weight is 326 g/mol. The van der Waals surface area contributed by atoms with E-state index >= 15 is 0 Å². The van der Waals surface area contributed by atoms with Crippen molar-refractivity contribution >= 4 is 26.8 Å². The molecule has 19 heavy (non-hydrogen) atoms. The molecule has 2 rings (SSSR count). The maximum absolute atomic E-state index is 5.17. The number of para-hydroxylation sites is 1. The van der Waals surface area contributed by atoms with Crippen LogP contribution >= 0.6 is 15.9 Å². The summed E-state index contributed by atoms with van der Waals surface area (Å²) in [7, 11) is 3.73. The first-order valence-electron chi connectivity index (χ1n) is 6.44. The minimum Gasteiger partial charge on any atom is -0.383 e. The molecule has 1 aromatic heterocycles. The van der Waals surface area contributed by atoms with E-state index < -0.39 is 0 Å². The number of nitrogens with zero attached hydrogens (tertiary/aromatic N) is 3. The molecule has 5 heteroatoms. The summed E-state index contributed by atoms with van der Waals surface area (Å²) in [6.07, 6.45) is 0. The van der Waals surface area contributed by atoms with E-state index in [-0.39, 0.29) is 0 Å². The van der Waals surface area contributed by atoms with Crippen molar-refractivity contribution in [3.63, 3.8) is 0 Å². The molecule has 0 N–H and O–H groups in total. The topological polar surface area (TPSA) is 30.3 Å². The summed E-state index contributed by atoms with van der Waals surface area (Å²) in [6, 6.07) is 8.36. The summed E-state index contributed by atoms with van der Waals surface area (Å²) in [6.45, 7) is 3.52. The predicted molar refractivity (Wildman–Crippen MR) is 81.7 cm³/mol. The van der Waals surface area contributed by atoms with Crippen LogP contribution in [0.5, 0.6) is 0 Å². The van der Waals surface area contributed by atoms with E-state index in [1.807, 2.05) is 11.7 Å². The van der Waals surface area contributed by atoms with Crippen molar-refractivity contribution in [1.29, 1.82) is 0 Å². The van der Waals surface area contributed by atoms with Crippen molar-refractivity contribution in [3.8, 4) is 0 Å². The largest absolute Gasteiger partial charge is 0.383 e. The number of alkyl halides is 1. The second kappa shape index (κ2) is 7.03. The third kappa shape index (κ3) is 3.55. The van der Waals surface area contributed by atoms with Crippen LogP contribution in [0.4, 0.5) is 0 Å². The molecule has 1 heterocycles. The van der Waals surface area contributed by atoms with Gasteiger partial charge in [-0.3, -0.25) is 9.58 Å². The lowest BCUT2D eigenvalue weighted by molar-refractivity contribution is 0.147. The number of benzene rings is 1. The number of fused-ring (bicyclic) bond motifs is 1. The van der Waals surface area contributed by atoms with Crippen molar-refractivity contribution in [2.24, 2.45) is 7.05 Å². The predicted octanol–water partition coefficient (Wildman–Crippen LogP) is 2.42. The molecule has 0 bridgehead atoms. The minimum absolute atomic E-state index is 0.748. The van der Waals surface area contributed by atoms with Crippen LogP contribution in [0.15, 0.2) is 24.3 Å². The quantitative estimate of drug-likeness (QED) is 0.732. The third-order valence-electron chi connectivity index (χ3n) is 3.22. The first kappa shape index (κ1) is 14.5. The van der Waals surface area contributed by atoms with Gasteiger partial charge < -0.3 is 4.74 Å². The Balaban J connectivity index is 2.18. The van der Waals surface area contributed by atoms with E-state index in [0.717, 1.165) is 37.3 Å². The van der Waals surface area contributed by atoms with Gasteiger partial charge in [-0.05, 0) is 6.07 Å². The van der Waals surface area contributed by atoms with Crippen molar-refractivity contribution in [3.05, 3.63) is 30.0 Å². The van der Waals surface area contributed by atoms with Crippen LogP contribution in [0.1, 0.15) is 5.69 Å². The molecule has 0 aliphatic carbocycles. The maximum Gasteiger partial charge on any atom is 0.0843 e. The molecule has 0 atom stereocenters. The van der Waals surface area contributed by atoms with Gasteiger partial charge in [0.25, 0.3) is 0 Å². The highest BCUT2D eigenvalue weighted by Gasteiger charge is 2.12. The molecular formula is C14H20BrN3O. The Hall–Kier alpha value is -0.910. The lowest BCUT2D eigenvalue weighted by atomic mass is 10.2. The number of aromatic nitrogens is 2. The highest BCUT2D eigenvalue weighted by Crippen LogP contribution is 2.18. The number of rotatable bonds is 7. The maximum atomic E-state index is 5.17. The average Bonchev–Trinajstić information content (AvgIpc) is 2.74. The first-order chi connectivity index (χ1) is 9.26. The van der Waals surface area contributed by atoms with Crippen molar-refractivity contribution < 1.29 is 4.74 Å². The van der Waals surface area contributed by atoms with Crippen LogP contribution in [-0.4, -0.2) is 46.8 Å². The molecule has 0 amide bonds. The van der Waals surface area contributed by atoms with E-state index in [4.69, 9.17) is 4.74 Å². The number of hydrogen-bond acceptors (Lipinski definition) is 3. The van der Waals surface area contributed by atoms with Gasteiger partial charge in [0.1, 0.15) is 0 Å². The van der Waals surface area contributed by atoms with Gasteiger partial charge in [-0.2, -0.15) is 5.10 Å². The number of ether oxygens (including phenoxy) is 1. The van der Waals surface area contributed by atoms with Gasteiger partial charge in [0.15, 0.2) is 0 Å². The molecule has 2 aromatic rings. The van der Waals surface area contributed by atoms with Gasteiger partial charge >= 0.3 is 0 Å². The molecule has 0 radical (unpaired) electrons. The Morgan fingerprint density at radius 1 is 1.32 bits per heavy atom. The van der Waals surface area contributed by atoms with Crippen molar-refractivity contribution in [2.45, 2.75) is 6.54 Å². The first-order valence-corrected chi connectivity index (χ1v) is 7.56. The Labute approximate surface area is 122 Å². The fraction of sp³-hybridized carbons (Fsp3) is 0.500. The second-order valence-corrected chi connectivity index (χ2v) is 5.34. The van der Waals surface area contributed by atoms with Crippen LogP contribution in [0, 0.1) is 0 Å². The van der Waals surface area contributed by atoms with Crippen LogP contribution < -0.4 is 0 Å². The van der Waals surface area contributed by atoms with E-state index in [9.17, 15) is 0 Å². The molecule has 0 fully saturated rings. The Bertz CT molecular complexity index is 526. The Morgan fingerprint density at radius 3 is 2.84 bits per heavy atom. The molecule has 0 unspecified atom stereocenters. The SMILES string of the molecule is COCCN(CCBr)Cc1nn(C)c2ccccc12. The normalized spacial score (nSPS) is 11.6. The molecule has 0 aliphatic rings. The van der Waals surface area contributed by atoms with Crippen LogP contribution in [-0.2, 0) is 18.3 Å². The van der Waals surface area contributed by atoms with E-state index in [2.05, 4.69) is 50.2 Å². The highest BCUT2D eigenvalue weighted by molar-refractivity contribution is 9.09. The summed E-state index contributed by atoms with van der Waals surface area (Å²) < 4.78 is 7.12. The highest BCUT2D eigenvalue weighted by atomic mass is 79.9. The minimum atomic E-state index is 0.748. The fourth-order valence-corrected chi connectivity index (χ4v) is 2.73. The molecule has 104 valence electrons. The standard InChI is InChI=1S/C14H20BrN3O/c1-17-14-6-4-3-5-12(14)13(16-17)11-18(8-7-15)9-10-19-2/h3-6H,7-11H2,1-2H3. The summed E-state index contributed by atoms with van der Waals surface area (Å²) in [4.78, 5) is 2.35. The second-order valence-electron chi connectivity index (χ2n) is 4.55. The number of halogens is 1. The van der Waals surface area contributed by atoms with E-state index in [0.29, 0.717) is 0 Å². The van der Waals surface area contributed by atoms with Gasteiger partial charge in [0.05, 0.1) is 17.8 Å². The zero-order valence-corrected chi connectivity index (χ0v) is 13.1. The summed E-state index contributed by atoms with van der Waals surface area (Å²) >= 11 is 3.50. The van der Waals surface area contributed by atoms with Gasteiger partial charge in [-0.1, -0.05) is 34.1 Å². The lowest BCUT2D eigenvalue weighted by Gasteiger charge is -2.19. The molecule has 0 saturated heterocycles. The van der Waals surface area contributed by atoms with E-state index in [1.54, 1.807) is 7.11 Å². The van der Waals surface area contributed by atoms with Gasteiger partial charge in [0, 0.05) is 44.5 Å². The summed E-state index contributed by atoms with van der Waals surface area (Å²) in [5, 5.41) is 6.84. The van der Waals surface area contributed by atoms with Crippen LogP contribution in [0.25, 0.3) is 10.9 Å². The number of hydrogen-bond donors (Lipinski definition) is 0. The monoisotopic (exact) mass is 325 g/mol. The Kier molecular flexibility index (Phi) is 5.36. The van der Waals surface area contributed by atoms with Gasteiger partial charge in [-0.25, -0.2) is 0 Å².